The van der Waals surface area contributed by atoms with Crippen molar-refractivity contribution < 1.29 is 13.2 Å². The zero-order chi connectivity index (χ0) is 20.7. The van der Waals surface area contributed by atoms with Gasteiger partial charge in [0.25, 0.3) is 10.2 Å². The Kier molecular flexibility index (Phi) is 8.77. The molecule has 0 aromatic carbocycles. The van der Waals surface area contributed by atoms with E-state index in [2.05, 4.69) is 17.1 Å². The molecular formula is C21H40N4O3S. The summed E-state index contributed by atoms with van der Waals surface area (Å²) in [7, 11) is -3.42. The lowest BCUT2D eigenvalue weighted by Gasteiger charge is -2.36. The van der Waals surface area contributed by atoms with Gasteiger partial charge in [-0.3, -0.25) is 4.79 Å². The molecule has 168 valence electrons. The number of amides is 1. The maximum atomic E-state index is 12.9. The molecule has 0 aromatic rings. The van der Waals surface area contributed by atoms with Crippen molar-refractivity contribution in [1.82, 2.24) is 18.8 Å². The van der Waals surface area contributed by atoms with E-state index in [0.717, 1.165) is 45.1 Å². The fraction of sp³-hybridized carbons (Fsp3) is 0.952. The zero-order valence-electron chi connectivity index (χ0n) is 18.2. The lowest BCUT2D eigenvalue weighted by Crippen LogP contribution is -2.51. The van der Waals surface area contributed by atoms with E-state index in [1.807, 2.05) is 0 Å². The van der Waals surface area contributed by atoms with Gasteiger partial charge in [-0.15, -0.1) is 0 Å². The molecule has 3 heterocycles. The second kappa shape index (κ2) is 11.1. The molecule has 3 saturated heterocycles. The van der Waals surface area contributed by atoms with Crippen LogP contribution in [0, 0.1) is 5.92 Å². The topological polar surface area (TPSA) is 73.0 Å². The van der Waals surface area contributed by atoms with Crippen LogP contribution in [0.4, 0.5) is 0 Å². The average Bonchev–Trinajstić information content (AvgIpc) is 2.77. The van der Waals surface area contributed by atoms with Gasteiger partial charge in [-0.05, 0) is 57.9 Å². The molecular weight excluding hydrogens is 388 g/mol. The molecule has 1 amide bonds. The van der Waals surface area contributed by atoms with Crippen LogP contribution in [0.1, 0.15) is 71.1 Å². The van der Waals surface area contributed by atoms with Crippen LogP contribution in [0.3, 0.4) is 0 Å². The number of rotatable bonds is 8. The molecule has 1 N–H and O–H groups in total. The van der Waals surface area contributed by atoms with Crippen LogP contribution in [0.5, 0.6) is 0 Å². The van der Waals surface area contributed by atoms with Crippen molar-refractivity contribution in [3.8, 4) is 0 Å². The first-order valence-electron chi connectivity index (χ1n) is 11.8. The molecule has 8 heteroatoms. The third-order valence-electron chi connectivity index (χ3n) is 6.86. The zero-order valence-corrected chi connectivity index (χ0v) is 19.0. The van der Waals surface area contributed by atoms with Gasteiger partial charge in [0, 0.05) is 45.3 Å². The summed E-state index contributed by atoms with van der Waals surface area (Å²) in [6.45, 7) is 7.26. The minimum absolute atomic E-state index is 0.0224. The molecule has 0 aliphatic carbocycles. The Balaban J connectivity index is 1.42. The van der Waals surface area contributed by atoms with Crippen LogP contribution in [0.2, 0.25) is 0 Å². The number of hydrogen-bond acceptors (Lipinski definition) is 4. The summed E-state index contributed by atoms with van der Waals surface area (Å²) in [6.07, 6.45) is 10.6. The SMILES string of the molecule is CC[C@@H]1CCCCN1CCCNC(=O)[C@@H]1CCCN(S(=O)(=O)N2CCCCC2)C1. The van der Waals surface area contributed by atoms with Crippen LogP contribution in [-0.2, 0) is 15.0 Å². The summed E-state index contributed by atoms with van der Waals surface area (Å²) in [6, 6.07) is 0.700. The van der Waals surface area contributed by atoms with Gasteiger partial charge in [-0.1, -0.05) is 19.8 Å². The first kappa shape index (κ1) is 23.0. The number of carbonyl (C=O) groups is 1. The lowest BCUT2D eigenvalue weighted by molar-refractivity contribution is -0.126. The Morgan fingerprint density at radius 3 is 2.41 bits per heavy atom. The van der Waals surface area contributed by atoms with Gasteiger partial charge in [-0.25, -0.2) is 0 Å². The molecule has 7 nitrogen and oxygen atoms in total. The molecule has 3 fully saturated rings. The van der Waals surface area contributed by atoms with Gasteiger partial charge >= 0.3 is 0 Å². The standard InChI is InChI=1S/C21H40N4O3S/c1-2-20-11-4-7-13-23(20)14-9-12-22-21(26)19-10-8-17-25(18-19)29(27,28)24-15-5-3-6-16-24/h19-20H,2-18H2,1H3,(H,22,26)/t19-,20-/m1/s1. The molecule has 3 rings (SSSR count). The van der Waals surface area contributed by atoms with E-state index in [1.165, 1.54) is 32.2 Å². The largest absolute Gasteiger partial charge is 0.356 e. The summed E-state index contributed by atoms with van der Waals surface area (Å²) in [4.78, 5) is 15.2. The minimum atomic E-state index is -3.42. The number of carbonyl (C=O) groups excluding carboxylic acids is 1. The second-order valence-corrected chi connectivity index (χ2v) is 10.8. The Bertz CT molecular complexity index is 621. The second-order valence-electron chi connectivity index (χ2n) is 8.90. The number of nitrogens with one attached hydrogen (secondary N) is 1. The van der Waals surface area contributed by atoms with Gasteiger partial charge in [0.1, 0.15) is 0 Å². The normalized spacial score (nSPS) is 28.3. The lowest BCUT2D eigenvalue weighted by atomic mass is 9.98. The van der Waals surface area contributed by atoms with E-state index in [-0.39, 0.29) is 11.8 Å². The Labute approximate surface area is 177 Å². The van der Waals surface area contributed by atoms with E-state index in [0.29, 0.717) is 38.8 Å². The number of hydrogen-bond donors (Lipinski definition) is 1. The Morgan fingerprint density at radius 1 is 0.931 bits per heavy atom. The number of nitrogens with zero attached hydrogens (tertiary/aromatic N) is 3. The summed E-state index contributed by atoms with van der Waals surface area (Å²) in [5.41, 5.74) is 0. The molecule has 3 aliphatic heterocycles. The molecule has 0 unspecified atom stereocenters. The van der Waals surface area contributed by atoms with E-state index in [4.69, 9.17) is 0 Å². The smallest absolute Gasteiger partial charge is 0.281 e. The summed E-state index contributed by atoms with van der Waals surface area (Å²) < 4.78 is 29.0. The maximum absolute atomic E-state index is 12.9. The molecule has 29 heavy (non-hydrogen) atoms. The summed E-state index contributed by atoms with van der Waals surface area (Å²) in [5, 5.41) is 3.08. The van der Waals surface area contributed by atoms with E-state index < -0.39 is 10.2 Å². The number of piperidine rings is 3. The third-order valence-corrected chi connectivity index (χ3v) is 8.87. The maximum Gasteiger partial charge on any atom is 0.281 e. The summed E-state index contributed by atoms with van der Waals surface area (Å²) >= 11 is 0. The molecule has 2 atom stereocenters. The van der Waals surface area contributed by atoms with E-state index in [1.54, 1.807) is 8.61 Å². The molecule has 0 bridgehead atoms. The van der Waals surface area contributed by atoms with Crippen molar-refractivity contribution in [3.05, 3.63) is 0 Å². The van der Waals surface area contributed by atoms with Gasteiger partial charge in [0.05, 0.1) is 5.92 Å². The van der Waals surface area contributed by atoms with Crippen molar-refractivity contribution in [2.75, 3.05) is 45.8 Å². The molecule has 0 saturated carbocycles. The molecule has 0 aromatic heterocycles. The highest BCUT2D eigenvalue weighted by Crippen LogP contribution is 2.24. The van der Waals surface area contributed by atoms with Crippen molar-refractivity contribution >= 4 is 16.1 Å². The van der Waals surface area contributed by atoms with E-state index >= 15 is 0 Å². The van der Waals surface area contributed by atoms with Crippen molar-refractivity contribution in [1.29, 1.82) is 0 Å². The van der Waals surface area contributed by atoms with Crippen LogP contribution in [0.25, 0.3) is 0 Å². The predicted octanol–water partition coefficient (Wildman–Crippen LogP) is 2.20. The van der Waals surface area contributed by atoms with Crippen LogP contribution >= 0.6 is 0 Å². The van der Waals surface area contributed by atoms with Gasteiger partial charge in [0.15, 0.2) is 0 Å². The Hall–Kier alpha value is -0.700. The third kappa shape index (κ3) is 6.15. The van der Waals surface area contributed by atoms with Crippen LogP contribution in [-0.4, -0.2) is 79.7 Å². The number of likely N-dealkylation sites (tertiary alicyclic amines) is 1. The fourth-order valence-corrected chi connectivity index (χ4v) is 6.85. The summed E-state index contributed by atoms with van der Waals surface area (Å²) in [5.74, 6) is -0.198. The minimum Gasteiger partial charge on any atom is -0.356 e. The quantitative estimate of drug-likeness (QED) is 0.602. The highest BCUT2D eigenvalue weighted by molar-refractivity contribution is 7.86. The van der Waals surface area contributed by atoms with Crippen molar-refractivity contribution in [3.63, 3.8) is 0 Å². The van der Waals surface area contributed by atoms with Crippen molar-refractivity contribution in [2.24, 2.45) is 5.92 Å². The average molecular weight is 429 g/mol. The van der Waals surface area contributed by atoms with Crippen LogP contribution in [0.15, 0.2) is 0 Å². The monoisotopic (exact) mass is 428 g/mol. The van der Waals surface area contributed by atoms with Gasteiger partial charge in [0.2, 0.25) is 5.91 Å². The van der Waals surface area contributed by atoms with Crippen LogP contribution < -0.4 is 5.32 Å². The first-order valence-corrected chi connectivity index (χ1v) is 13.2. The van der Waals surface area contributed by atoms with E-state index in [9.17, 15) is 13.2 Å². The molecule has 0 spiro atoms. The molecule has 0 radical (unpaired) electrons. The van der Waals surface area contributed by atoms with Crippen molar-refractivity contribution in [2.45, 2.75) is 77.2 Å². The Morgan fingerprint density at radius 2 is 1.66 bits per heavy atom. The highest BCUT2D eigenvalue weighted by Gasteiger charge is 2.36. The predicted molar refractivity (Wildman–Crippen MR) is 116 cm³/mol. The molecule has 3 aliphatic rings. The first-order chi connectivity index (χ1) is 14.0. The fourth-order valence-electron chi connectivity index (χ4n) is 5.08. The van der Waals surface area contributed by atoms with Gasteiger partial charge in [-0.2, -0.15) is 17.0 Å². The highest BCUT2D eigenvalue weighted by atomic mass is 32.2. The van der Waals surface area contributed by atoms with Gasteiger partial charge < -0.3 is 10.2 Å².